The van der Waals surface area contributed by atoms with Crippen LogP contribution in [-0.2, 0) is 0 Å². The zero-order valence-corrected chi connectivity index (χ0v) is 11.5. The summed E-state index contributed by atoms with van der Waals surface area (Å²) in [6.07, 6.45) is 8.47. The van der Waals surface area contributed by atoms with Crippen LogP contribution < -0.4 is 10.5 Å². The van der Waals surface area contributed by atoms with Crippen molar-refractivity contribution in [1.29, 1.82) is 0 Å². The average molecular weight is 246 g/mol. The molecule has 0 aromatic carbocycles. The van der Waals surface area contributed by atoms with Crippen molar-refractivity contribution in [2.75, 3.05) is 7.11 Å². The molecule has 2 N–H and O–H groups in total. The molecule has 0 unspecified atom stereocenters. The summed E-state index contributed by atoms with van der Waals surface area (Å²) in [6.45, 7) is 4.09. The minimum absolute atomic E-state index is 0.378. The molecular weight excluding hydrogens is 224 g/mol. The molecule has 1 aromatic heterocycles. The van der Waals surface area contributed by atoms with Crippen molar-refractivity contribution in [1.82, 2.24) is 4.98 Å². The van der Waals surface area contributed by atoms with Gasteiger partial charge in [0.2, 0.25) is 0 Å². The molecule has 0 atom stereocenters. The van der Waals surface area contributed by atoms with E-state index in [2.05, 4.69) is 18.0 Å². The lowest BCUT2D eigenvalue weighted by atomic mass is 9.90. The topological polar surface area (TPSA) is 48.1 Å². The lowest BCUT2D eigenvalue weighted by Crippen LogP contribution is -2.23. The molecule has 0 bridgehead atoms. The highest BCUT2D eigenvalue weighted by molar-refractivity contribution is 5.57. The van der Waals surface area contributed by atoms with Crippen LogP contribution in [0, 0.1) is 13.8 Å². The van der Waals surface area contributed by atoms with Gasteiger partial charge in [-0.3, -0.25) is 4.98 Å². The van der Waals surface area contributed by atoms with Gasteiger partial charge in [-0.05, 0) is 45.6 Å². The second kappa shape index (κ2) is 5.53. The lowest BCUT2D eigenvalue weighted by Gasteiger charge is -2.20. The Morgan fingerprint density at radius 2 is 2.00 bits per heavy atom. The number of allylic oxidation sites excluding steroid dienone is 1. The molecule has 0 aliphatic heterocycles. The smallest absolute Gasteiger partial charge is 0.128 e. The molecule has 0 saturated heterocycles. The monoisotopic (exact) mass is 246 g/mol. The van der Waals surface area contributed by atoms with E-state index in [0.29, 0.717) is 6.04 Å². The molecule has 3 heteroatoms. The highest BCUT2D eigenvalue weighted by Gasteiger charge is 2.14. The fourth-order valence-electron chi connectivity index (χ4n) is 2.54. The molecule has 1 aliphatic rings. The van der Waals surface area contributed by atoms with Crippen LogP contribution in [0.4, 0.5) is 0 Å². The summed E-state index contributed by atoms with van der Waals surface area (Å²) < 4.78 is 5.43. The van der Waals surface area contributed by atoms with Crippen LogP contribution in [-0.4, -0.2) is 18.1 Å². The molecule has 0 amide bonds. The van der Waals surface area contributed by atoms with Crippen molar-refractivity contribution in [3.8, 4) is 5.75 Å². The van der Waals surface area contributed by atoms with E-state index in [1.807, 2.05) is 13.1 Å². The van der Waals surface area contributed by atoms with Crippen LogP contribution in [0.2, 0.25) is 0 Å². The number of aryl methyl sites for hydroxylation is 1. The van der Waals surface area contributed by atoms with Gasteiger partial charge >= 0.3 is 0 Å². The first-order chi connectivity index (χ1) is 8.61. The number of nitrogens with zero attached hydrogens (tertiary/aromatic N) is 1. The summed E-state index contributed by atoms with van der Waals surface area (Å²) >= 11 is 0. The molecule has 98 valence electrons. The van der Waals surface area contributed by atoms with Gasteiger partial charge in [0.15, 0.2) is 0 Å². The lowest BCUT2D eigenvalue weighted by molar-refractivity contribution is 0.407. The highest BCUT2D eigenvalue weighted by atomic mass is 16.5. The number of hydrogen-bond acceptors (Lipinski definition) is 3. The van der Waals surface area contributed by atoms with Crippen LogP contribution in [0.25, 0.3) is 6.08 Å². The Labute approximate surface area is 109 Å². The van der Waals surface area contributed by atoms with Crippen LogP contribution in [0.1, 0.15) is 42.5 Å². The van der Waals surface area contributed by atoms with Crippen molar-refractivity contribution in [2.45, 2.75) is 45.6 Å². The molecule has 1 saturated carbocycles. The fraction of sp³-hybridized carbons (Fsp3) is 0.533. The van der Waals surface area contributed by atoms with Crippen LogP contribution >= 0.6 is 0 Å². The zero-order valence-electron chi connectivity index (χ0n) is 11.5. The Kier molecular flexibility index (Phi) is 4.02. The molecule has 3 nitrogen and oxygen atoms in total. The second-order valence-corrected chi connectivity index (χ2v) is 5.12. The van der Waals surface area contributed by atoms with E-state index < -0.39 is 0 Å². The highest BCUT2D eigenvalue weighted by Crippen LogP contribution is 2.28. The van der Waals surface area contributed by atoms with Gasteiger partial charge in [0, 0.05) is 23.4 Å². The normalized spacial score (nSPS) is 19.8. The van der Waals surface area contributed by atoms with E-state index in [1.54, 1.807) is 7.11 Å². The van der Waals surface area contributed by atoms with Crippen molar-refractivity contribution in [3.63, 3.8) is 0 Å². The Bertz CT molecular complexity index is 456. The van der Waals surface area contributed by atoms with Gasteiger partial charge in [-0.1, -0.05) is 5.57 Å². The number of rotatable bonds is 2. The van der Waals surface area contributed by atoms with Gasteiger partial charge in [0.05, 0.1) is 12.8 Å². The van der Waals surface area contributed by atoms with E-state index in [4.69, 9.17) is 10.5 Å². The molecular formula is C15H22N2O. The van der Waals surface area contributed by atoms with Crippen molar-refractivity contribution >= 4 is 6.08 Å². The zero-order chi connectivity index (χ0) is 13.1. The molecule has 0 radical (unpaired) electrons. The SMILES string of the molecule is COc1c(C)cnc(C=C2CCC(N)CC2)c1C. The third kappa shape index (κ3) is 2.72. The predicted octanol–water partition coefficient (Wildman–Crippen LogP) is 2.99. The number of methoxy groups -OCH3 is 1. The van der Waals surface area contributed by atoms with E-state index in [0.717, 1.165) is 48.3 Å². The van der Waals surface area contributed by atoms with Crippen molar-refractivity contribution < 1.29 is 4.74 Å². The molecule has 1 aromatic rings. The first-order valence-corrected chi connectivity index (χ1v) is 6.57. The second-order valence-electron chi connectivity index (χ2n) is 5.12. The number of ether oxygens (including phenoxy) is 1. The molecule has 1 fully saturated rings. The van der Waals surface area contributed by atoms with E-state index >= 15 is 0 Å². The minimum Gasteiger partial charge on any atom is -0.496 e. The van der Waals surface area contributed by atoms with E-state index in [9.17, 15) is 0 Å². The van der Waals surface area contributed by atoms with Gasteiger partial charge in [-0.25, -0.2) is 0 Å². The Morgan fingerprint density at radius 1 is 1.33 bits per heavy atom. The number of pyridine rings is 1. The molecule has 18 heavy (non-hydrogen) atoms. The average Bonchev–Trinajstić information content (AvgIpc) is 2.36. The first-order valence-electron chi connectivity index (χ1n) is 6.57. The summed E-state index contributed by atoms with van der Waals surface area (Å²) in [5.41, 5.74) is 10.6. The Balaban J connectivity index is 2.26. The first kappa shape index (κ1) is 13.1. The third-order valence-corrected chi connectivity index (χ3v) is 3.70. The van der Waals surface area contributed by atoms with Crippen LogP contribution in [0.5, 0.6) is 5.75 Å². The summed E-state index contributed by atoms with van der Waals surface area (Å²) in [5, 5.41) is 0. The summed E-state index contributed by atoms with van der Waals surface area (Å²) in [4.78, 5) is 4.51. The molecule has 2 rings (SSSR count). The van der Waals surface area contributed by atoms with Crippen LogP contribution in [0.15, 0.2) is 11.8 Å². The van der Waals surface area contributed by atoms with Crippen molar-refractivity contribution in [2.24, 2.45) is 5.73 Å². The third-order valence-electron chi connectivity index (χ3n) is 3.70. The molecule has 1 aliphatic carbocycles. The maximum absolute atomic E-state index is 5.92. The Hall–Kier alpha value is -1.35. The van der Waals surface area contributed by atoms with Crippen LogP contribution in [0.3, 0.4) is 0 Å². The summed E-state index contributed by atoms with van der Waals surface area (Å²) in [5.74, 6) is 0.948. The number of hydrogen-bond donors (Lipinski definition) is 1. The van der Waals surface area contributed by atoms with Gasteiger partial charge in [-0.15, -0.1) is 0 Å². The van der Waals surface area contributed by atoms with Gasteiger partial charge < -0.3 is 10.5 Å². The van der Waals surface area contributed by atoms with Gasteiger partial charge in [0.25, 0.3) is 0 Å². The maximum atomic E-state index is 5.92. The summed E-state index contributed by atoms with van der Waals surface area (Å²) in [7, 11) is 1.71. The Morgan fingerprint density at radius 3 is 2.61 bits per heavy atom. The summed E-state index contributed by atoms with van der Waals surface area (Å²) in [6, 6.07) is 0.378. The predicted molar refractivity (Wildman–Crippen MR) is 74.7 cm³/mol. The molecule has 1 heterocycles. The van der Waals surface area contributed by atoms with Crippen molar-refractivity contribution in [3.05, 3.63) is 28.6 Å². The minimum atomic E-state index is 0.378. The van der Waals surface area contributed by atoms with E-state index in [-0.39, 0.29) is 0 Å². The maximum Gasteiger partial charge on any atom is 0.128 e. The fourth-order valence-corrected chi connectivity index (χ4v) is 2.54. The van der Waals surface area contributed by atoms with Gasteiger partial charge in [0.1, 0.15) is 5.75 Å². The number of nitrogens with two attached hydrogens (primary N) is 1. The molecule has 0 spiro atoms. The number of aromatic nitrogens is 1. The van der Waals surface area contributed by atoms with E-state index in [1.165, 1.54) is 5.57 Å². The largest absolute Gasteiger partial charge is 0.496 e. The quantitative estimate of drug-likeness (QED) is 0.872. The standard InChI is InChI=1S/C15H22N2O/c1-10-9-17-14(11(2)15(10)18-3)8-12-4-6-13(16)7-5-12/h8-9,13H,4-7,16H2,1-3H3. The van der Waals surface area contributed by atoms with Gasteiger partial charge in [-0.2, -0.15) is 0 Å².